The van der Waals surface area contributed by atoms with Crippen molar-refractivity contribution in [2.75, 3.05) is 0 Å². The summed E-state index contributed by atoms with van der Waals surface area (Å²) in [5, 5.41) is 17.8. The Morgan fingerprint density at radius 1 is 1.37 bits per heavy atom. The van der Waals surface area contributed by atoms with Gasteiger partial charge in [-0.3, -0.25) is 0 Å². The number of hydrogen-bond acceptors (Lipinski definition) is 3. The second-order valence-corrected chi connectivity index (χ2v) is 3.98. The number of carbonyl (C=O) groups is 1. The van der Waals surface area contributed by atoms with E-state index in [1.807, 2.05) is 6.07 Å². The lowest BCUT2D eigenvalue weighted by molar-refractivity contribution is 0.0660. The molecule has 0 bridgehead atoms. The molecule has 2 rings (SSSR count). The molecule has 1 unspecified atom stereocenters. The largest absolute Gasteiger partial charge is 0.475 e. The fourth-order valence-corrected chi connectivity index (χ4v) is 1.79. The first kappa shape index (κ1) is 12.8. The Morgan fingerprint density at radius 2 is 2.11 bits per heavy atom. The van der Waals surface area contributed by atoms with E-state index < -0.39 is 17.7 Å². The molecule has 5 heteroatoms. The van der Waals surface area contributed by atoms with Crippen LogP contribution in [0.2, 0.25) is 0 Å². The van der Waals surface area contributed by atoms with Gasteiger partial charge in [-0.05, 0) is 18.2 Å². The number of carboxylic acid groups (broad SMARTS) is 1. The molecule has 0 aliphatic rings. The smallest absolute Gasteiger partial charge is 0.371 e. The molecule has 4 nitrogen and oxygen atoms in total. The molecular weight excluding hydrogens is 249 g/mol. The minimum atomic E-state index is -1.18. The van der Waals surface area contributed by atoms with Crippen LogP contribution in [0.1, 0.15) is 27.8 Å². The number of aromatic carboxylic acids is 1. The van der Waals surface area contributed by atoms with Gasteiger partial charge in [0.15, 0.2) is 0 Å². The van der Waals surface area contributed by atoms with Crippen molar-refractivity contribution in [3.63, 3.8) is 0 Å². The van der Waals surface area contributed by atoms with Crippen molar-refractivity contribution < 1.29 is 18.7 Å². The van der Waals surface area contributed by atoms with E-state index in [1.54, 1.807) is 12.1 Å². The topological polar surface area (TPSA) is 74.2 Å². The molecule has 2 aromatic rings. The first-order valence-electron chi connectivity index (χ1n) is 5.58. The zero-order valence-electron chi connectivity index (χ0n) is 9.84. The number of halogens is 1. The van der Waals surface area contributed by atoms with Crippen LogP contribution in [0.4, 0.5) is 4.39 Å². The predicted molar refractivity (Wildman–Crippen MR) is 64.1 cm³/mol. The summed E-state index contributed by atoms with van der Waals surface area (Å²) in [7, 11) is 0. The Kier molecular flexibility index (Phi) is 3.62. The summed E-state index contributed by atoms with van der Waals surface area (Å²) in [6, 6.07) is 10.8. The van der Waals surface area contributed by atoms with E-state index in [-0.39, 0.29) is 17.7 Å². The fourth-order valence-electron chi connectivity index (χ4n) is 1.79. The number of nitrogens with zero attached hydrogens (tertiary/aromatic N) is 1. The van der Waals surface area contributed by atoms with Crippen LogP contribution in [0.25, 0.3) is 0 Å². The third kappa shape index (κ3) is 2.80. The van der Waals surface area contributed by atoms with Crippen LogP contribution in [0.15, 0.2) is 40.8 Å². The van der Waals surface area contributed by atoms with Gasteiger partial charge in [-0.2, -0.15) is 5.26 Å². The van der Waals surface area contributed by atoms with E-state index in [4.69, 9.17) is 14.8 Å². The molecule has 0 radical (unpaired) electrons. The fraction of sp³-hybridized carbons (Fsp3) is 0.143. The highest BCUT2D eigenvalue weighted by Crippen LogP contribution is 2.23. The molecule has 96 valence electrons. The molecule has 0 aliphatic heterocycles. The van der Waals surface area contributed by atoms with Gasteiger partial charge < -0.3 is 9.52 Å². The Morgan fingerprint density at radius 3 is 2.68 bits per heavy atom. The third-order valence-corrected chi connectivity index (χ3v) is 2.71. The van der Waals surface area contributed by atoms with Crippen molar-refractivity contribution >= 4 is 5.97 Å². The van der Waals surface area contributed by atoms with Crippen molar-refractivity contribution in [3.8, 4) is 6.07 Å². The number of hydrogen-bond donors (Lipinski definition) is 1. The Labute approximate surface area is 108 Å². The van der Waals surface area contributed by atoms with E-state index in [9.17, 15) is 9.18 Å². The van der Waals surface area contributed by atoms with Crippen LogP contribution in [0.5, 0.6) is 0 Å². The molecule has 1 aromatic carbocycles. The van der Waals surface area contributed by atoms with E-state index in [0.29, 0.717) is 5.76 Å². The van der Waals surface area contributed by atoms with Crippen LogP contribution in [0, 0.1) is 17.1 Å². The Balaban J connectivity index is 2.22. The van der Waals surface area contributed by atoms with Crippen molar-refractivity contribution in [1.82, 2.24) is 0 Å². The van der Waals surface area contributed by atoms with E-state index in [0.717, 1.165) is 0 Å². The maximum absolute atomic E-state index is 13.6. The van der Waals surface area contributed by atoms with Gasteiger partial charge in [0, 0.05) is 12.0 Å². The number of rotatable bonds is 4. The van der Waals surface area contributed by atoms with Gasteiger partial charge in [0.2, 0.25) is 5.76 Å². The molecule has 1 aromatic heterocycles. The van der Waals surface area contributed by atoms with E-state index in [2.05, 4.69) is 0 Å². The summed E-state index contributed by atoms with van der Waals surface area (Å²) in [6.45, 7) is 0. The number of carboxylic acids is 1. The standard InChI is InChI=1S/C14H10FNO3/c15-12-4-2-1-3-11(12)9(8-16)7-10-5-6-13(19-10)14(17)18/h1-6,9H,7H2,(H,17,18). The molecule has 1 N–H and O–H groups in total. The zero-order valence-corrected chi connectivity index (χ0v) is 9.84. The average molecular weight is 259 g/mol. The minimum Gasteiger partial charge on any atom is -0.475 e. The summed E-state index contributed by atoms with van der Waals surface area (Å²) in [6.07, 6.45) is 0.130. The van der Waals surface area contributed by atoms with Gasteiger partial charge >= 0.3 is 5.97 Å². The van der Waals surface area contributed by atoms with Crippen LogP contribution in [-0.2, 0) is 6.42 Å². The molecule has 1 heterocycles. The number of nitriles is 1. The second kappa shape index (κ2) is 5.36. The maximum Gasteiger partial charge on any atom is 0.371 e. The molecule has 1 atom stereocenters. The molecule has 19 heavy (non-hydrogen) atoms. The molecule has 0 fully saturated rings. The van der Waals surface area contributed by atoms with Crippen LogP contribution >= 0.6 is 0 Å². The van der Waals surface area contributed by atoms with Crippen molar-refractivity contribution in [2.24, 2.45) is 0 Å². The highest BCUT2D eigenvalue weighted by atomic mass is 19.1. The lowest BCUT2D eigenvalue weighted by Crippen LogP contribution is -2.02. The van der Waals surface area contributed by atoms with Gasteiger partial charge in [0.1, 0.15) is 11.6 Å². The summed E-state index contributed by atoms with van der Waals surface area (Å²) in [5.41, 5.74) is 0.276. The Bertz CT molecular complexity index is 642. The number of furan rings is 1. The lowest BCUT2D eigenvalue weighted by atomic mass is 9.96. The first-order chi connectivity index (χ1) is 9.11. The quantitative estimate of drug-likeness (QED) is 0.915. The molecule has 0 saturated carbocycles. The van der Waals surface area contributed by atoms with Gasteiger partial charge in [-0.1, -0.05) is 18.2 Å². The highest BCUT2D eigenvalue weighted by Gasteiger charge is 2.18. The maximum atomic E-state index is 13.6. The van der Waals surface area contributed by atoms with Gasteiger partial charge in [-0.25, -0.2) is 9.18 Å². The van der Waals surface area contributed by atoms with Gasteiger partial charge in [-0.15, -0.1) is 0 Å². The lowest BCUT2D eigenvalue weighted by Gasteiger charge is -2.08. The molecule has 0 saturated heterocycles. The van der Waals surface area contributed by atoms with Crippen molar-refractivity contribution in [1.29, 1.82) is 5.26 Å². The third-order valence-electron chi connectivity index (χ3n) is 2.71. The van der Waals surface area contributed by atoms with Crippen LogP contribution < -0.4 is 0 Å². The molecular formula is C14H10FNO3. The average Bonchev–Trinajstić information content (AvgIpc) is 2.86. The predicted octanol–water partition coefficient (Wildman–Crippen LogP) is 2.97. The molecule has 0 aliphatic carbocycles. The highest BCUT2D eigenvalue weighted by molar-refractivity contribution is 5.84. The van der Waals surface area contributed by atoms with E-state index >= 15 is 0 Å². The van der Waals surface area contributed by atoms with Crippen molar-refractivity contribution in [3.05, 3.63) is 59.3 Å². The Hall–Kier alpha value is -2.61. The summed E-state index contributed by atoms with van der Waals surface area (Å²) >= 11 is 0. The van der Waals surface area contributed by atoms with E-state index in [1.165, 1.54) is 24.3 Å². The monoisotopic (exact) mass is 259 g/mol. The van der Waals surface area contributed by atoms with Crippen LogP contribution in [-0.4, -0.2) is 11.1 Å². The number of benzene rings is 1. The van der Waals surface area contributed by atoms with Gasteiger partial charge in [0.25, 0.3) is 0 Å². The van der Waals surface area contributed by atoms with Crippen molar-refractivity contribution in [2.45, 2.75) is 12.3 Å². The first-order valence-corrected chi connectivity index (χ1v) is 5.58. The SMILES string of the molecule is N#CC(Cc1ccc(C(=O)O)o1)c1ccccc1F. The summed E-state index contributed by atoms with van der Waals surface area (Å²) < 4.78 is 18.7. The second-order valence-electron chi connectivity index (χ2n) is 3.98. The minimum absolute atomic E-state index is 0.130. The summed E-state index contributed by atoms with van der Waals surface area (Å²) in [4.78, 5) is 10.7. The van der Waals surface area contributed by atoms with Gasteiger partial charge in [0.05, 0.1) is 12.0 Å². The molecule has 0 spiro atoms. The summed E-state index contributed by atoms with van der Waals surface area (Å²) in [5.74, 6) is -2.20. The molecule has 0 amide bonds. The zero-order chi connectivity index (χ0) is 13.8. The normalized spacial score (nSPS) is 11.8. The van der Waals surface area contributed by atoms with Crippen LogP contribution in [0.3, 0.4) is 0 Å².